The van der Waals surface area contributed by atoms with Crippen molar-refractivity contribution in [2.45, 2.75) is 13.3 Å². The van der Waals surface area contributed by atoms with Crippen molar-refractivity contribution in [3.8, 4) is 11.8 Å². The van der Waals surface area contributed by atoms with Gasteiger partial charge in [0.15, 0.2) is 5.78 Å². The van der Waals surface area contributed by atoms with E-state index in [2.05, 4.69) is 44.0 Å². The first-order valence-electron chi connectivity index (χ1n) is 9.16. The monoisotopic (exact) mass is 434 g/mol. The van der Waals surface area contributed by atoms with Gasteiger partial charge in [0.25, 0.3) is 0 Å². The van der Waals surface area contributed by atoms with Crippen molar-refractivity contribution in [1.29, 1.82) is 5.26 Å². The van der Waals surface area contributed by atoms with Crippen LogP contribution in [0.4, 0.5) is 0 Å². The van der Waals surface area contributed by atoms with E-state index in [0.29, 0.717) is 23.2 Å². The number of nitriles is 1. The predicted octanol–water partition coefficient (Wildman–Crippen LogP) is 4.41. The van der Waals surface area contributed by atoms with Gasteiger partial charge in [0, 0.05) is 35.1 Å². The lowest BCUT2D eigenvalue weighted by atomic mass is 10.1. The van der Waals surface area contributed by atoms with E-state index in [0.717, 1.165) is 40.9 Å². The van der Waals surface area contributed by atoms with Crippen molar-refractivity contribution >= 4 is 32.7 Å². The summed E-state index contributed by atoms with van der Waals surface area (Å²) in [6.45, 7) is 4.04. The fourth-order valence-corrected chi connectivity index (χ4v) is 4.04. The van der Waals surface area contributed by atoms with Crippen LogP contribution in [0.15, 0.2) is 53.2 Å². The van der Waals surface area contributed by atoms with Crippen LogP contribution in [0.2, 0.25) is 0 Å². The number of carbonyl (C=O) groups is 1. The Morgan fingerprint density at radius 1 is 1.29 bits per heavy atom. The van der Waals surface area contributed by atoms with E-state index >= 15 is 0 Å². The van der Waals surface area contributed by atoms with Gasteiger partial charge >= 0.3 is 0 Å². The van der Waals surface area contributed by atoms with Crippen molar-refractivity contribution in [2.24, 2.45) is 0 Å². The molecule has 3 heterocycles. The number of carbonyl (C=O) groups excluding carboxylic acids is 1. The van der Waals surface area contributed by atoms with Gasteiger partial charge in [-0.1, -0.05) is 12.2 Å². The van der Waals surface area contributed by atoms with Crippen molar-refractivity contribution in [2.75, 3.05) is 19.6 Å². The van der Waals surface area contributed by atoms with Crippen LogP contribution in [-0.4, -0.2) is 39.9 Å². The molecular weight excluding hydrogens is 416 g/mol. The molecule has 0 unspecified atom stereocenters. The normalized spacial score (nSPS) is 14.3. The SMILES string of the molecule is Cc1c(C(=O)CN2CC=CCC2)c2ncc(Br)cc2n1-c1ccc(C#N)cc1. The number of ketones is 1. The number of aromatic nitrogens is 2. The largest absolute Gasteiger partial charge is 0.311 e. The summed E-state index contributed by atoms with van der Waals surface area (Å²) >= 11 is 3.49. The van der Waals surface area contributed by atoms with E-state index in [9.17, 15) is 4.79 Å². The second-order valence-electron chi connectivity index (χ2n) is 6.89. The minimum absolute atomic E-state index is 0.0833. The van der Waals surface area contributed by atoms with E-state index < -0.39 is 0 Å². The maximum absolute atomic E-state index is 13.2. The number of benzene rings is 1. The third kappa shape index (κ3) is 3.39. The minimum atomic E-state index is 0.0833. The second-order valence-corrected chi connectivity index (χ2v) is 7.81. The zero-order valence-corrected chi connectivity index (χ0v) is 17.1. The van der Waals surface area contributed by atoms with Crippen LogP contribution in [0.3, 0.4) is 0 Å². The first-order valence-corrected chi connectivity index (χ1v) is 9.95. The summed E-state index contributed by atoms with van der Waals surface area (Å²) in [4.78, 5) is 19.9. The summed E-state index contributed by atoms with van der Waals surface area (Å²) in [6, 6.07) is 11.5. The van der Waals surface area contributed by atoms with Gasteiger partial charge in [0.05, 0.1) is 34.8 Å². The topological polar surface area (TPSA) is 61.9 Å². The van der Waals surface area contributed by atoms with E-state index in [1.807, 2.05) is 29.7 Å². The molecule has 0 N–H and O–H groups in total. The lowest BCUT2D eigenvalue weighted by Gasteiger charge is -2.22. The number of nitrogens with zero attached hydrogens (tertiary/aromatic N) is 4. The first kappa shape index (κ1) is 18.6. The summed E-state index contributed by atoms with van der Waals surface area (Å²) in [5, 5.41) is 9.07. The number of hydrogen-bond donors (Lipinski definition) is 0. The molecular formula is C22H19BrN4O. The number of hydrogen-bond acceptors (Lipinski definition) is 4. The van der Waals surface area contributed by atoms with Gasteiger partial charge in [-0.3, -0.25) is 14.7 Å². The number of pyridine rings is 1. The summed E-state index contributed by atoms with van der Waals surface area (Å²) in [7, 11) is 0. The second kappa shape index (κ2) is 7.70. The Balaban J connectivity index is 1.83. The van der Waals surface area contributed by atoms with Crippen molar-refractivity contribution in [3.63, 3.8) is 0 Å². The summed E-state index contributed by atoms with van der Waals surface area (Å²) in [6.07, 6.45) is 6.97. The molecule has 0 fully saturated rings. The van der Waals surface area contributed by atoms with Gasteiger partial charge in [0.1, 0.15) is 0 Å². The highest BCUT2D eigenvalue weighted by Crippen LogP contribution is 2.30. The van der Waals surface area contributed by atoms with Crippen LogP contribution in [0.5, 0.6) is 0 Å². The Morgan fingerprint density at radius 3 is 2.75 bits per heavy atom. The molecule has 1 aliphatic heterocycles. The lowest BCUT2D eigenvalue weighted by Crippen LogP contribution is -2.32. The van der Waals surface area contributed by atoms with Crippen LogP contribution in [0, 0.1) is 18.3 Å². The van der Waals surface area contributed by atoms with E-state index in [1.165, 1.54) is 0 Å². The van der Waals surface area contributed by atoms with Crippen LogP contribution in [0.1, 0.15) is 28.0 Å². The van der Waals surface area contributed by atoms with Crippen LogP contribution >= 0.6 is 15.9 Å². The molecule has 1 aliphatic rings. The maximum Gasteiger partial charge on any atom is 0.180 e. The van der Waals surface area contributed by atoms with E-state index in [1.54, 1.807) is 18.3 Å². The Morgan fingerprint density at radius 2 is 2.07 bits per heavy atom. The van der Waals surface area contributed by atoms with Crippen LogP contribution < -0.4 is 0 Å². The molecule has 0 saturated heterocycles. The summed E-state index contributed by atoms with van der Waals surface area (Å²) < 4.78 is 2.89. The Hall–Kier alpha value is -2.75. The van der Waals surface area contributed by atoms with Gasteiger partial charge in [-0.25, -0.2) is 0 Å². The molecule has 0 amide bonds. The predicted molar refractivity (Wildman–Crippen MR) is 113 cm³/mol. The van der Waals surface area contributed by atoms with Gasteiger partial charge in [0.2, 0.25) is 0 Å². The molecule has 0 aliphatic carbocycles. The average Bonchev–Trinajstić information content (AvgIpc) is 3.00. The van der Waals surface area contributed by atoms with Gasteiger partial charge in [-0.2, -0.15) is 5.26 Å². The minimum Gasteiger partial charge on any atom is -0.311 e. The highest BCUT2D eigenvalue weighted by molar-refractivity contribution is 9.10. The number of Topliss-reactive ketones (excluding diaryl/α,β-unsaturated/α-hetero) is 1. The molecule has 3 aromatic rings. The zero-order chi connectivity index (χ0) is 19.7. The molecule has 0 spiro atoms. The number of rotatable bonds is 4. The molecule has 28 heavy (non-hydrogen) atoms. The third-order valence-electron chi connectivity index (χ3n) is 5.05. The molecule has 0 atom stereocenters. The third-order valence-corrected chi connectivity index (χ3v) is 5.49. The zero-order valence-electron chi connectivity index (χ0n) is 15.5. The van der Waals surface area contributed by atoms with Gasteiger partial charge in [-0.15, -0.1) is 0 Å². The van der Waals surface area contributed by atoms with Crippen molar-refractivity contribution in [1.82, 2.24) is 14.5 Å². The van der Waals surface area contributed by atoms with Crippen molar-refractivity contribution < 1.29 is 4.79 Å². The van der Waals surface area contributed by atoms with Gasteiger partial charge in [-0.05, 0) is 59.6 Å². The Kier molecular flexibility index (Phi) is 5.12. The van der Waals surface area contributed by atoms with Gasteiger partial charge < -0.3 is 4.57 Å². The summed E-state index contributed by atoms with van der Waals surface area (Å²) in [5.74, 6) is 0.0833. The fraction of sp³-hybridized carbons (Fsp3) is 0.227. The fourth-order valence-electron chi connectivity index (χ4n) is 3.72. The highest BCUT2D eigenvalue weighted by Gasteiger charge is 2.24. The van der Waals surface area contributed by atoms with Crippen LogP contribution in [-0.2, 0) is 0 Å². The van der Waals surface area contributed by atoms with E-state index in [-0.39, 0.29) is 5.78 Å². The molecule has 5 nitrogen and oxygen atoms in total. The lowest BCUT2D eigenvalue weighted by molar-refractivity contribution is 0.0937. The standard InChI is InChI=1S/C22H19BrN4O/c1-15-21(20(28)14-26-9-3-2-4-10-26)22-19(11-17(23)13-25-22)27(15)18-7-5-16(12-24)6-8-18/h2-3,5-8,11,13H,4,9-10,14H2,1H3. The average molecular weight is 435 g/mol. The number of fused-ring (bicyclic) bond motifs is 1. The molecule has 140 valence electrons. The maximum atomic E-state index is 13.2. The molecule has 0 bridgehead atoms. The highest BCUT2D eigenvalue weighted by atomic mass is 79.9. The molecule has 0 saturated carbocycles. The number of halogens is 1. The Bertz CT molecular complexity index is 1120. The smallest absolute Gasteiger partial charge is 0.180 e. The quantitative estimate of drug-likeness (QED) is 0.450. The Labute approximate surface area is 172 Å². The molecule has 2 aromatic heterocycles. The van der Waals surface area contributed by atoms with E-state index in [4.69, 9.17) is 5.26 Å². The summed E-state index contributed by atoms with van der Waals surface area (Å²) in [5.41, 5.74) is 4.62. The molecule has 0 radical (unpaired) electrons. The first-order chi connectivity index (χ1) is 13.6. The molecule has 6 heteroatoms. The van der Waals surface area contributed by atoms with Crippen LogP contribution in [0.25, 0.3) is 16.7 Å². The molecule has 4 rings (SSSR count). The van der Waals surface area contributed by atoms with Crippen molar-refractivity contribution in [3.05, 3.63) is 70.0 Å². The molecule has 1 aromatic carbocycles.